The highest BCUT2D eigenvalue weighted by Gasteiger charge is 2.31. The number of aromatic nitrogens is 1. The van der Waals surface area contributed by atoms with E-state index in [0.29, 0.717) is 43.0 Å². The molecule has 1 N–H and O–H groups in total. The van der Waals surface area contributed by atoms with Crippen molar-refractivity contribution in [2.45, 2.75) is 20.8 Å². The maximum Gasteiger partial charge on any atom is 0.257 e. The number of carbonyl (C=O) groups is 3. The molecule has 1 aromatic carbocycles. The largest absolute Gasteiger partial charge is 0.339 e. The van der Waals surface area contributed by atoms with E-state index in [0.717, 1.165) is 0 Å². The van der Waals surface area contributed by atoms with Crippen LogP contribution in [0.2, 0.25) is 0 Å². The molecule has 1 fully saturated rings. The third kappa shape index (κ3) is 4.99. The molecule has 0 radical (unpaired) electrons. The molecule has 0 bridgehead atoms. The second kappa shape index (κ2) is 8.43. The molecule has 0 unspecified atom stereocenters. The standard InChI is InChI=1S/C22H26N4O3/c1-22(2,3)21(29)26-12-10-25(11-13-26)20(28)16-6-4-8-18(14-16)24-19(27)17-7-5-9-23-15-17/h4-9,14-15H,10-13H2,1-3H3,(H,24,27). The summed E-state index contributed by atoms with van der Waals surface area (Å²) in [5.41, 5.74) is 1.08. The minimum absolute atomic E-state index is 0.102. The van der Waals surface area contributed by atoms with Crippen LogP contribution in [-0.2, 0) is 4.79 Å². The number of hydrogen-bond acceptors (Lipinski definition) is 4. The quantitative estimate of drug-likeness (QED) is 0.868. The van der Waals surface area contributed by atoms with Gasteiger partial charge in [-0.15, -0.1) is 0 Å². The fraction of sp³-hybridized carbons (Fsp3) is 0.364. The summed E-state index contributed by atoms with van der Waals surface area (Å²) in [6.07, 6.45) is 3.09. The van der Waals surface area contributed by atoms with Crippen molar-refractivity contribution in [1.29, 1.82) is 0 Å². The number of hydrogen-bond donors (Lipinski definition) is 1. The molecule has 7 nitrogen and oxygen atoms in total. The van der Waals surface area contributed by atoms with Gasteiger partial charge in [0.1, 0.15) is 0 Å². The Morgan fingerprint density at radius 3 is 2.21 bits per heavy atom. The molecule has 1 aliphatic rings. The van der Waals surface area contributed by atoms with E-state index in [1.165, 1.54) is 6.20 Å². The lowest BCUT2D eigenvalue weighted by molar-refractivity contribution is -0.140. The van der Waals surface area contributed by atoms with Gasteiger partial charge in [0.15, 0.2) is 0 Å². The average molecular weight is 394 g/mol. The lowest BCUT2D eigenvalue weighted by atomic mass is 9.94. The van der Waals surface area contributed by atoms with Gasteiger partial charge in [-0.3, -0.25) is 19.4 Å². The van der Waals surface area contributed by atoms with Crippen molar-refractivity contribution in [3.05, 3.63) is 59.9 Å². The summed E-state index contributed by atoms with van der Waals surface area (Å²) < 4.78 is 0. The Bertz CT molecular complexity index is 898. The lowest BCUT2D eigenvalue weighted by Crippen LogP contribution is -2.53. The summed E-state index contributed by atoms with van der Waals surface area (Å²) in [4.78, 5) is 45.1. The lowest BCUT2D eigenvalue weighted by Gasteiger charge is -2.37. The second-order valence-electron chi connectivity index (χ2n) is 8.11. The van der Waals surface area contributed by atoms with E-state index in [-0.39, 0.29) is 17.7 Å². The molecular formula is C22H26N4O3. The number of carbonyl (C=O) groups excluding carboxylic acids is 3. The van der Waals surface area contributed by atoms with Gasteiger partial charge in [0.2, 0.25) is 5.91 Å². The topological polar surface area (TPSA) is 82.6 Å². The van der Waals surface area contributed by atoms with Crippen molar-refractivity contribution in [3.63, 3.8) is 0 Å². The van der Waals surface area contributed by atoms with Crippen LogP contribution in [0.25, 0.3) is 0 Å². The number of rotatable bonds is 3. The van der Waals surface area contributed by atoms with Crippen molar-refractivity contribution in [2.75, 3.05) is 31.5 Å². The third-order valence-electron chi connectivity index (χ3n) is 4.79. The van der Waals surface area contributed by atoms with Crippen molar-refractivity contribution in [2.24, 2.45) is 5.41 Å². The van der Waals surface area contributed by atoms with Crippen LogP contribution >= 0.6 is 0 Å². The summed E-state index contributed by atoms with van der Waals surface area (Å²) in [5.74, 6) is -0.285. The average Bonchev–Trinajstić information content (AvgIpc) is 2.73. The highest BCUT2D eigenvalue weighted by Crippen LogP contribution is 2.20. The monoisotopic (exact) mass is 394 g/mol. The van der Waals surface area contributed by atoms with Gasteiger partial charge in [-0.1, -0.05) is 26.8 Å². The second-order valence-corrected chi connectivity index (χ2v) is 8.11. The Morgan fingerprint density at radius 2 is 1.59 bits per heavy atom. The normalized spacial score (nSPS) is 14.4. The number of nitrogens with one attached hydrogen (secondary N) is 1. The van der Waals surface area contributed by atoms with Gasteiger partial charge in [-0.25, -0.2) is 0 Å². The number of pyridine rings is 1. The summed E-state index contributed by atoms with van der Waals surface area (Å²) in [6.45, 7) is 7.74. The number of nitrogens with zero attached hydrogens (tertiary/aromatic N) is 3. The highest BCUT2D eigenvalue weighted by atomic mass is 16.2. The molecule has 3 amide bonds. The first-order valence-corrected chi connectivity index (χ1v) is 9.66. The smallest absolute Gasteiger partial charge is 0.257 e. The van der Waals surface area contributed by atoms with E-state index >= 15 is 0 Å². The number of benzene rings is 1. The fourth-order valence-corrected chi connectivity index (χ4v) is 3.20. The van der Waals surface area contributed by atoms with E-state index in [1.807, 2.05) is 25.7 Å². The van der Waals surface area contributed by atoms with E-state index in [9.17, 15) is 14.4 Å². The Morgan fingerprint density at radius 1 is 0.931 bits per heavy atom. The van der Waals surface area contributed by atoms with Crippen LogP contribution in [0, 0.1) is 5.41 Å². The van der Waals surface area contributed by atoms with Gasteiger partial charge < -0.3 is 15.1 Å². The molecule has 0 saturated carbocycles. The van der Waals surface area contributed by atoms with Crippen molar-refractivity contribution >= 4 is 23.4 Å². The van der Waals surface area contributed by atoms with Gasteiger partial charge in [-0.2, -0.15) is 0 Å². The van der Waals surface area contributed by atoms with Gasteiger partial charge in [0.25, 0.3) is 11.8 Å². The van der Waals surface area contributed by atoms with Crippen LogP contribution in [-0.4, -0.2) is 58.7 Å². The summed E-state index contributed by atoms with van der Waals surface area (Å²) in [6, 6.07) is 10.3. The van der Waals surface area contributed by atoms with Crippen LogP contribution in [0.3, 0.4) is 0 Å². The summed E-state index contributed by atoms with van der Waals surface area (Å²) >= 11 is 0. The summed E-state index contributed by atoms with van der Waals surface area (Å²) in [7, 11) is 0. The molecule has 2 heterocycles. The predicted molar refractivity (Wildman–Crippen MR) is 111 cm³/mol. The van der Waals surface area contributed by atoms with Gasteiger partial charge in [-0.05, 0) is 30.3 Å². The Labute approximate surface area is 170 Å². The number of anilines is 1. The minimum atomic E-state index is -0.424. The predicted octanol–water partition coefficient (Wildman–Crippen LogP) is 2.66. The zero-order valence-corrected chi connectivity index (χ0v) is 17.0. The fourth-order valence-electron chi connectivity index (χ4n) is 3.20. The maximum atomic E-state index is 12.9. The van der Waals surface area contributed by atoms with Crippen molar-refractivity contribution < 1.29 is 14.4 Å². The number of piperazine rings is 1. The number of amides is 3. The Balaban J connectivity index is 1.63. The zero-order chi connectivity index (χ0) is 21.0. The van der Waals surface area contributed by atoms with Gasteiger partial charge in [0, 0.05) is 55.2 Å². The van der Waals surface area contributed by atoms with Crippen LogP contribution in [0.4, 0.5) is 5.69 Å². The maximum absolute atomic E-state index is 12.9. The SMILES string of the molecule is CC(C)(C)C(=O)N1CCN(C(=O)c2cccc(NC(=O)c3cccnc3)c2)CC1. The molecule has 152 valence electrons. The first-order chi connectivity index (χ1) is 13.8. The molecule has 3 rings (SSSR count). The van der Waals surface area contributed by atoms with Crippen molar-refractivity contribution in [3.8, 4) is 0 Å². The molecule has 0 spiro atoms. The van der Waals surface area contributed by atoms with E-state index in [2.05, 4.69) is 10.3 Å². The Hall–Kier alpha value is -3.22. The molecule has 2 aromatic rings. The molecule has 1 saturated heterocycles. The highest BCUT2D eigenvalue weighted by molar-refractivity contribution is 6.05. The molecule has 1 aromatic heterocycles. The first kappa shape index (κ1) is 20.5. The molecule has 0 atom stereocenters. The summed E-state index contributed by atoms with van der Waals surface area (Å²) in [5, 5.41) is 2.79. The first-order valence-electron chi connectivity index (χ1n) is 9.66. The molecule has 0 aliphatic carbocycles. The molecule has 1 aliphatic heterocycles. The van der Waals surface area contributed by atoms with Crippen LogP contribution < -0.4 is 5.32 Å². The van der Waals surface area contributed by atoms with Gasteiger partial charge in [0.05, 0.1) is 5.56 Å². The van der Waals surface area contributed by atoms with Gasteiger partial charge >= 0.3 is 0 Å². The zero-order valence-electron chi connectivity index (χ0n) is 17.0. The van der Waals surface area contributed by atoms with Crippen LogP contribution in [0.5, 0.6) is 0 Å². The van der Waals surface area contributed by atoms with Crippen LogP contribution in [0.15, 0.2) is 48.8 Å². The molecular weight excluding hydrogens is 368 g/mol. The van der Waals surface area contributed by atoms with E-state index < -0.39 is 5.41 Å². The van der Waals surface area contributed by atoms with Crippen molar-refractivity contribution in [1.82, 2.24) is 14.8 Å². The van der Waals surface area contributed by atoms with E-state index in [1.54, 1.807) is 47.5 Å². The molecule has 29 heavy (non-hydrogen) atoms. The molecule has 7 heteroatoms. The third-order valence-corrected chi connectivity index (χ3v) is 4.79. The Kier molecular flexibility index (Phi) is 5.96. The van der Waals surface area contributed by atoms with E-state index in [4.69, 9.17) is 0 Å². The minimum Gasteiger partial charge on any atom is -0.339 e. The van der Waals surface area contributed by atoms with Crippen LogP contribution in [0.1, 0.15) is 41.5 Å².